The van der Waals surface area contributed by atoms with Gasteiger partial charge < -0.3 is 4.74 Å². The van der Waals surface area contributed by atoms with Crippen molar-refractivity contribution in [3.05, 3.63) is 59.7 Å². The van der Waals surface area contributed by atoms with Crippen LogP contribution in [0, 0.1) is 0 Å². The zero-order valence-electron chi connectivity index (χ0n) is 11.1. The number of fused-ring (bicyclic) bond motifs is 3. The molecule has 0 heterocycles. The summed E-state index contributed by atoms with van der Waals surface area (Å²) in [6, 6.07) is 16.2. The zero-order valence-corrected chi connectivity index (χ0v) is 11.1. The molecule has 19 heavy (non-hydrogen) atoms. The van der Waals surface area contributed by atoms with Gasteiger partial charge in [0.25, 0.3) is 0 Å². The van der Waals surface area contributed by atoms with E-state index in [0.717, 1.165) is 22.3 Å². The number of carbonyl (C=O) groups excluding carboxylic acids is 1. The van der Waals surface area contributed by atoms with Crippen LogP contribution in [0.1, 0.15) is 18.1 Å². The minimum atomic E-state index is -0.651. The second-order valence-corrected chi connectivity index (χ2v) is 4.99. The molecule has 0 amide bonds. The van der Waals surface area contributed by atoms with Crippen molar-refractivity contribution in [2.75, 3.05) is 13.7 Å². The highest BCUT2D eigenvalue weighted by atomic mass is 16.5. The summed E-state index contributed by atoms with van der Waals surface area (Å²) in [7, 11) is 1.65. The minimum absolute atomic E-state index is 0.131. The van der Waals surface area contributed by atoms with E-state index in [1.54, 1.807) is 14.0 Å². The fourth-order valence-electron chi connectivity index (χ4n) is 3.18. The van der Waals surface area contributed by atoms with Gasteiger partial charge in [-0.05, 0) is 29.2 Å². The standard InChI is InChI=1S/C17H16O2/c1-12(18)17(11-19-2)15-9-5-3-7-13(15)14-8-4-6-10-16(14)17/h3-10H,11H2,1-2H3. The predicted molar refractivity (Wildman–Crippen MR) is 75.2 cm³/mol. The molecule has 0 unspecified atom stereocenters. The first-order valence-electron chi connectivity index (χ1n) is 6.41. The van der Waals surface area contributed by atoms with E-state index in [1.807, 2.05) is 36.4 Å². The van der Waals surface area contributed by atoms with Crippen LogP contribution in [-0.2, 0) is 14.9 Å². The summed E-state index contributed by atoms with van der Waals surface area (Å²) in [5, 5.41) is 0. The molecule has 0 bridgehead atoms. The topological polar surface area (TPSA) is 26.3 Å². The Labute approximate surface area is 113 Å². The van der Waals surface area contributed by atoms with Crippen LogP contribution in [0.5, 0.6) is 0 Å². The average Bonchev–Trinajstić information content (AvgIpc) is 2.72. The molecule has 0 aromatic heterocycles. The minimum Gasteiger partial charge on any atom is -0.383 e. The van der Waals surface area contributed by atoms with E-state index in [4.69, 9.17) is 4.74 Å². The second kappa shape index (κ2) is 4.32. The maximum absolute atomic E-state index is 12.4. The molecule has 0 atom stereocenters. The fraction of sp³-hybridized carbons (Fsp3) is 0.235. The van der Waals surface area contributed by atoms with Crippen molar-refractivity contribution >= 4 is 5.78 Å². The van der Waals surface area contributed by atoms with Gasteiger partial charge in [-0.15, -0.1) is 0 Å². The quantitative estimate of drug-likeness (QED) is 0.838. The summed E-state index contributed by atoms with van der Waals surface area (Å²) >= 11 is 0. The van der Waals surface area contributed by atoms with Crippen molar-refractivity contribution < 1.29 is 9.53 Å². The van der Waals surface area contributed by atoms with Crippen molar-refractivity contribution in [2.45, 2.75) is 12.3 Å². The summed E-state index contributed by atoms with van der Waals surface area (Å²) in [4.78, 5) is 12.4. The first-order chi connectivity index (χ1) is 9.21. The SMILES string of the molecule is COCC1(C(C)=O)c2ccccc2-c2ccccc21. The highest BCUT2D eigenvalue weighted by Crippen LogP contribution is 2.49. The number of carbonyl (C=O) groups is 1. The van der Waals surface area contributed by atoms with Gasteiger partial charge >= 0.3 is 0 Å². The van der Waals surface area contributed by atoms with Gasteiger partial charge in [0.15, 0.2) is 0 Å². The Morgan fingerprint density at radius 1 is 1.00 bits per heavy atom. The Bertz CT molecular complexity index is 598. The van der Waals surface area contributed by atoms with E-state index < -0.39 is 5.41 Å². The Kier molecular flexibility index (Phi) is 2.76. The number of rotatable bonds is 3. The molecular weight excluding hydrogens is 236 g/mol. The molecule has 1 aliphatic carbocycles. The lowest BCUT2D eigenvalue weighted by Crippen LogP contribution is -2.38. The van der Waals surface area contributed by atoms with Gasteiger partial charge in [-0.2, -0.15) is 0 Å². The van der Waals surface area contributed by atoms with Crippen molar-refractivity contribution in [2.24, 2.45) is 0 Å². The van der Waals surface area contributed by atoms with Gasteiger partial charge in [0.1, 0.15) is 11.2 Å². The first-order valence-corrected chi connectivity index (χ1v) is 6.41. The van der Waals surface area contributed by atoms with Crippen LogP contribution in [0.4, 0.5) is 0 Å². The molecule has 0 radical (unpaired) electrons. The van der Waals surface area contributed by atoms with E-state index in [0.29, 0.717) is 6.61 Å². The molecule has 96 valence electrons. The van der Waals surface area contributed by atoms with Crippen LogP contribution in [0.3, 0.4) is 0 Å². The summed E-state index contributed by atoms with van der Waals surface area (Å²) in [6.45, 7) is 2.04. The maximum atomic E-state index is 12.4. The third-order valence-corrected chi connectivity index (χ3v) is 4.03. The molecule has 0 spiro atoms. The van der Waals surface area contributed by atoms with Crippen LogP contribution < -0.4 is 0 Å². The van der Waals surface area contributed by atoms with Crippen molar-refractivity contribution in [1.82, 2.24) is 0 Å². The summed E-state index contributed by atoms with van der Waals surface area (Å²) in [6.07, 6.45) is 0. The van der Waals surface area contributed by atoms with Gasteiger partial charge in [-0.25, -0.2) is 0 Å². The number of ketones is 1. The first kappa shape index (κ1) is 12.1. The van der Waals surface area contributed by atoms with Crippen molar-refractivity contribution in [3.8, 4) is 11.1 Å². The molecular formula is C17H16O2. The highest BCUT2D eigenvalue weighted by molar-refractivity contribution is 6.00. The number of Topliss-reactive ketones (excluding diaryl/α,β-unsaturated/α-hetero) is 1. The number of hydrogen-bond donors (Lipinski definition) is 0. The molecule has 0 saturated carbocycles. The Hall–Kier alpha value is -1.93. The molecule has 0 saturated heterocycles. The third-order valence-electron chi connectivity index (χ3n) is 4.03. The molecule has 2 heteroatoms. The highest BCUT2D eigenvalue weighted by Gasteiger charge is 2.46. The number of methoxy groups -OCH3 is 1. The smallest absolute Gasteiger partial charge is 0.147 e. The summed E-state index contributed by atoms with van der Waals surface area (Å²) in [5.41, 5.74) is 3.76. The Morgan fingerprint density at radius 3 is 1.89 bits per heavy atom. The molecule has 0 N–H and O–H groups in total. The van der Waals surface area contributed by atoms with E-state index in [2.05, 4.69) is 12.1 Å². The van der Waals surface area contributed by atoms with E-state index in [9.17, 15) is 4.79 Å². The number of ether oxygens (including phenoxy) is 1. The molecule has 0 fully saturated rings. The van der Waals surface area contributed by atoms with Gasteiger partial charge in [-0.1, -0.05) is 48.5 Å². The molecule has 2 aromatic rings. The van der Waals surface area contributed by atoms with Crippen molar-refractivity contribution in [1.29, 1.82) is 0 Å². The molecule has 1 aliphatic rings. The largest absolute Gasteiger partial charge is 0.383 e. The van der Waals surface area contributed by atoms with Crippen LogP contribution in [0.25, 0.3) is 11.1 Å². The molecule has 2 nitrogen and oxygen atoms in total. The fourth-order valence-corrected chi connectivity index (χ4v) is 3.18. The lowest BCUT2D eigenvalue weighted by Gasteiger charge is -2.28. The van der Waals surface area contributed by atoms with Crippen LogP contribution in [0.2, 0.25) is 0 Å². The van der Waals surface area contributed by atoms with Crippen LogP contribution in [-0.4, -0.2) is 19.5 Å². The van der Waals surface area contributed by atoms with E-state index in [-0.39, 0.29) is 5.78 Å². The van der Waals surface area contributed by atoms with E-state index >= 15 is 0 Å². The Morgan fingerprint density at radius 2 is 1.47 bits per heavy atom. The zero-order chi connectivity index (χ0) is 13.5. The van der Waals surface area contributed by atoms with Gasteiger partial charge in [0, 0.05) is 7.11 Å². The monoisotopic (exact) mass is 252 g/mol. The van der Waals surface area contributed by atoms with Gasteiger partial charge in [-0.3, -0.25) is 4.79 Å². The molecule has 3 rings (SSSR count). The average molecular weight is 252 g/mol. The normalized spacial score (nSPS) is 14.8. The van der Waals surface area contributed by atoms with Crippen LogP contribution in [0.15, 0.2) is 48.5 Å². The number of benzene rings is 2. The number of hydrogen-bond acceptors (Lipinski definition) is 2. The predicted octanol–water partition coefficient (Wildman–Crippen LogP) is 3.19. The Balaban J connectivity index is 2.38. The van der Waals surface area contributed by atoms with Gasteiger partial charge in [0.05, 0.1) is 6.61 Å². The molecule has 2 aromatic carbocycles. The van der Waals surface area contributed by atoms with E-state index in [1.165, 1.54) is 0 Å². The lowest BCUT2D eigenvalue weighted by molar-refractivity contribution is -0.122. The second-order valence-electron chi connectivity index (χ2n) is 4.99. The van der Waals surface area contributed by atoms with Crippen molar-refractivity contribution in [3.63, 3.8) is 0 Å². The maximum Gasteiger partial charge on any atom is 0.147 e. The third kappa shape index (κ3) is 1.50. The molecule has 0 aliphatic heterocycles. The summed E-state index contributed by atoms with van der Waals surface area (Å²) < 4.78 is 5.38. The summed E-state index contributed by atoms with van der Waals surface area (Å²) in [5.74, 6) is 0.131. The van der Waals surface area contributed by atoms with Gasteiger partial charge in [0.2, 0.25) is 0 Å². The lowest BCUT2D eigenvalue weighted by atomic mass is 9.76. The van der Waals surface area contributed by atoms with Crippen LogP contribution >= 0.6 is 0 Å².